The van der Waals surface area contributed by atoms with Crippen LogP contribution in [0.25, 0.3) is 0 Å². The third kappa shape index (κ3) is 73.3. The second kappa shape index (κ2) is 71.9. The Balaban J connectivity index is 4.95. The third-order valence-corrected chi connectivity index (χ3v) is 18.8. The predicted octanol–water partition coefficient (Wildman–Crippen LogP) is 25.4. The lowest BCUT2D eigenvalue weighted by Gasteiger charge is -2.30. The summed E-state index contributed by atoms with van der Waals surface area (Å²) in [6.07, 6.45) is 97.2. The maximum atomic E-state index is 13.7. The van der Waals surface area contributed by atoms with E-state index >= 15 is 0 Å². The van der Waals surface area contributed by atoms with E-state index in [1.807, 2.05) is 33.3 Å². The minimum atomic E-state index is -4.71. The first-order chi connectivity index (χ1) is 45.4. The summed E-state index contributed by atoms with van der Waals surface area (Å²) in [5.41, 5.74) is 0. The van der Waals surface area contributed by atoms with Gasteiger partial charge in [-0.15, -0.1) is 0 Å². The first kappa shape index (κ1) is 90.2. The van der Waals surface area contributed by atoms with Crippen LogP contribution in [0.1, 0.15) is 380 Å². The number of phosphoric acid groups is 1. The van der Waals surface area contributed by atoms with Gasteiger partial charge in [0, 0.05) is 12.8 Å². The highest BCUT2D eigenvalue weighted by Gasteiger charge is 2.27. The fourth-order valence-electron chi connectivity index (χ4n) is 11.7. The number of amides is 1. The maximum Gasteiger partial charge on any atom is 0.306 e. The van der Waals surface area contributed by atoms with E-state index in [0.29, 0.717) is 17.4 Å². The van der Waals surface area contributed by atoms with Gasteiger partial charge < -0.3 is 28.5 Å². The van der Waals surface area contributed by atoms with Gasteiger partial charge >= 0.3 is 5.97 Å². The second-order valence-electron chi connectivity index (χ2n) is 28.2. The number of allylic oxidation sites excluding steroid dienone is 13. The number of esters is 1. The largest absolute Gasteiger partial charge is 0.756 e. The summed E-state index contributed by atoms with van der Waals surface area (Å²) in [5, 5.41) is 3.06. The van der Waals surface area contributed by atoms with Crippen molar-refractivity contribution in [1.82, 2.24) is 5.32 Å². The third-order valence-electron chi connectivity index (χ3n) is 17.8. The zero-order chi connectivity index (χ0) is 67.8. The Morgan fingerprint density at radius 1 is 0.376 bits per heavy atom. The highest BCUT2D eigenvalue weighted by atomic mass is 31.2. The number of nitrogens with one attached hydrogen (secondary N) is 1. The average Bonchev–Trinajstić information content (AvgIpc) is 2.31. The Morgan fingerprint density at radius 2 is 0.656 bits per heavy atom. The fourth-order valence-corrected chi connectivity index (χ4v) is 12.4. The summed E-state index contributed by atoms with van der Waals surface area (Å²) in [4.78, 5) is 40.4. The topological polar surface area (TPSA) is 114 Å². The van der Waals surface area contributed by atoms with E-state index in [4.69, 9.17) is 13.8 Å². The summed E-state index contributed by atoms with van der Waals surface area (Å²) in [7, 11) is 1.19. The molecule has 0 heterocycles. The van der Waals surface area contributed by atoms with Gasteiger partial charge in [-0.3, -0.25) is 14.2 Å². The van der Waals surface area contributed by atoms with E-state index in [1.54, 1.807) is 0 Å². The number of quaternary nitrogens is 1. The van der Waals surface area contributed by atoms with Crippen LogP contribution >= 0.6 is 7.82 Å². The molecule has 0 rings (SSSR count). The first-order valence-corrected chi connectivity index (χ1v) is 41.4. The number of likely N-dealkylation sites (N-methyl/N-ethyl adjacent to an activating group) is 1. The van der Waals surface area contributed by atoms with Crippen molar-refractivity contribution >= 4 is 19.7 Å². The molecule has 0 aliphatic carbocycles. The van der Waals surface area contributed by atoms with Gasteiger partial charge in [0.25, 0.3) is 7.82 Å². The van der Waals surface area contributed by atoms with Crippen LogP contribution in [-0.2, 0) is 27.9 Å². The molecule has 0 aliphatic rings. The Kier molecular flexibility index (Phi) is 69.8. The van der Waals surface area contributed by atoms with Crippen LogP contribution in [-0.4, -0.2) is 69.4 Å². The molecule has 0 aliphatic heterocycles. The molecule has 9 nitrogen and oxygen atoms in total. The molecule has 0 radical (unpaired) electrons. The lowest BCUT2D eigenvalue weighted by Crippen LogP contribution is -2.47. The number of phosphoric ester groups is 1. The number of ether oxygens (including phenoxy) is 1. The Morgan fingerprint density at radius 3 is 1.00 bits per heavy atom. The number of rotatable bonds is 73. The normalized spacial score (nSPS) is 13.8. The van der Waals surface area contributed by atoms with Crippen molar-refractivity contribution in [2.45, 2.75) is 392 Å². The summed E-state index contributed by atoms with van der Waals surface area (Å²) in [6, 6.07) is -0.893. The Labute approximate surface area is 577 Å². The van der Waals surface area contributed by atoms with Crippen molar-refractivity contribution in [1.29, 1.82) is 0 Å². The van der Waals surface area contributed by atoms with Crippen LogP contribution in [0.5, 0.6) is 0 Å². The molecule has 0 aromatic heterocycles. The first-order valence-electron chi connectivity index (χ1n) is 39.9. The smallest absolute Gasteiger partial charge is 0.306 e. The lowest BCUT2D eigenvalue weighted by molar-refractivity contribution is -0.870. The number of hydrogen-bond donors (Lipinski definition) is 1. The molecule has 0 bridgehead atoms. The second-order valence-corrected chi connectivity index (χ2v) is 29.6. The molecule has 1 N–H and O–H groups in total. The van der Waals surface area contributed by atoms with E-state index in [0.717, 1.165) is 83.5 Å². The number of unbranched alkanes of at least 4 members (excludes halogenated alkanes) is 45. The van der Waals surface area contributed by atoms with E-state index < -0.39 is 20.0 Å². The molecule has 0 spiro atoms. The molecule has 0 fully saturated rings. The van der Waals surface area contributed by atoms with Gasteiger partial charge in [-0.1, -0.05) is 344 Å². The number of nitrogens with zero attached hydrogens (tertiary/aromatic N) is 1. The molecule has 3 atom stereocenters. The van der Waals surface area contributed by atoms with Crippen molar-refractivity contribution in [2.75, 3.05) is 40.9 Å². The predicted molar refractivity (Wildman–Crippen MR) is 404 cm³/mol. The molecule has 0 aromatic rings. The van der Waals surface area contributed by atoms with Crippen LogP contribution < -0.4 is 10.2 Å². The van der Waals surface area contributed by atoms with Crippen LogP contribution in [0.3, 0.4) is 0 Å². The van der Waals surface area contributed by atoms with Gasteiger partial charge in [-0.2, -0.15) is 0 Å². The van der Waals surface area contributed by atoms with E-state index in [2.05, 4.69) is 99.0 Å². The molecule has 93 heavy (non-hydrogen) atoms. The lowest BCUT2D eigenvalue weighted by atomic mass is 10.0. The Hall–Kier alpha value is -2.81. The average molecular weight is 1320 g/mol. The highest BCUT2D eigenvalue weighted by molar-refractivity contribution is 7.45. The van der Waals surface area contributed by atoms with Gasteiger partial charge in [0.1, 0.15) is 19.3 Å². The van der Waals surface area contributed by atoms with E-state index in [-0.39, 0.29) is 31.5 Å². The standard InChI is InChI=1S/C83H153N2O7P/c1-7-10-13-16-19-22-25-28-30-32-34-36-38-40-42-44-46-48-50-52-54-57-60-63-66-69-72-75-82(86)84-80(79-91-93(88,89)90-78-77-85(4,5)6)81(74-71-68-65-62-59-56-27-24-21-18-15-12-9-3)92-83(87)76-73-70-67-64-61-58-55-53-51-49-47-45-43-41-39-37-35-33-31-29-26-23-20-17-14-11-8-2/h19-20,22-23,28-31,34-37,71,74,80-81H,7-18,21,24-27,32-33,38-70,72-73,75-79H2,1-6H3,(H-,84,86,88,89)/b22-19-,23-20-,30-28-,31-29-,36-34-,37-35-,74-71+. The molecule has 0 aromatic carbocycles. The molecular weight excluding hydrogens is 1170 g/mol. The van der Waals surface area contributed by atoms with Gasteiger partial charge in [-0.05, 0) is 109 Å². The Bertz CT molecular complexity index is 1870. The van der Waals surface area contributed by atoms with Crippen molar-refractivity contribution in [3.05, 3.63) is 85.1 Å². The van der Waals surface area contributed by atoms with Crippen molar-refractivity contribution in [3.8, 4) is 0 Å². The monoisotopic (exact) mass is 1320 g/mol. The summed E-state index contributed by atoms with van der Waals surface area (Å²) in [5.74, 6) is -0.528. The van der Waals surface area contributed by atoms with Gasteiger partial charge in [0.05, 0.1) is 33.8 Å². The molecule has 1 amide bonds. The molecule has 0 saturated carbocycles. The summed E-state index contributed by atoms with van der Waals surface area (Å²) in [6.45, 7) is 6.84. The van der Waals surface area contributed by atoms with Crippen molar-refractivity contribution in [3.63, 3.8) is 0 Å². The number of carbonyl (C=O) groups excluding carboxylic acids is 2. The zero-order valence-corrected chi connectivity index (χ0v) is 63.1. The maximum absolute atomic E-state index is 13.7. The summed E-state index contributed by atoms with van der Waals surface area (Å²) < 4.78 is 30.6. The van der Waals surface area contributed by atoms with E-state index in [9.17, 15) is 19.0 Å². The van der Waals surface area contributed by atoms with Crippen LogP contribution in [0, 0.1) is 0 Å². The molecule has 10 heteroatoms. The molecule has 0 saturated heterocycles. The zero-order valence-electron chi connectivity index (χ0n) is 62.2. The molecule has 3 unspecified atom stereocenters. The molecule has 542 valence electrons. The molecular formula is C83H153N2O7P. The van der Waals surface area contributed by atoms with Crippen LogP contribution in [0.15, 0.2) is 85.1 Å². The van der Waals surface area contributed by atoms with Crippen molar-refractivity contribution < 1.29 is 37.3 Å². The SMILES string of the molecule is CCCCC/C=C\C/C=C\C/C=C\CCCCCCCCCCCCCCCCC(=O)NC(COP(=O)([O-])OCC[N+](C)(C)C)C(/C=C/CCCCCCCCCCCCC)OC(=O)CCCCCCCCCCCCCCCC/C=C\C/C=C\C/C=C\CCCCC. The van der Waals surface area contributed by atoms with Crippen molar-refractivity contribution in [2.24, 2.45) is 0 Å². The minimum absolute atomic E-state index is 0.0233. The fraction of sp³-hybridized carbons (Fsp3) is 0.807. The minimum Gasteiger partial charge on any atom is -0.756 e. The quantitative estimate of drug-likeness (QED) is 0.0212. The summed E-state index contributed by atoms with van der Waals surface area (Å²) >= 11 is 0. The number of hydrogen-bond acceptors (Lipinski definition) is 7. The van der Waals surface area contributed by atoms with Gasteiger partial charge in [0.15, 0.2) is 0 Å². The number of carbonyl (C=O) groups is 2. The van der Waals surface area contributed by atoms with Crippen LogP contribution in [0.4, 0.5) is 0 Å². The van der Waals surface area contributed by atoms with E-state index in [1.165, 1.54) is 263 Å². The van der Waals surface area contributed by atoms with Gasteiger partial charge in [-0.25, -0.2) is 0 Å². The van der Waals surface area contributed by atoms with Gasteiger partial charge in [0.2, 0.25) is 5.91 Å². The van der Waals surface area contributed by atoms with Crippen LogP contribution in [0.2, 0.25) is 0 Å². The highest BCUT2D eigenvalue weighted by Crippen LogP contribution is 2.38.